The maximum absolute atomic E-state index is 12.9. The van der Waals surface area contributed by atoms with E-state index in [1.165, 1.54) is 0 Å². The van der Waals surface area contributed by atoms with Crippen molar-refractivity contribution in [1.82, 2.24) is 0 Å². The third-order valence-corrected chi connectivity index (χ3v) is 4.99. The summed E-state index contributed by atoms with van der Waals surface area (Å²) in [6, 6.07) is 9.35. The van der Waals surface area contributed by atoms with Gasteiger partial charge in [-0.2, -0.15) is 0 Å². The number of benzene rings is 2. The topological polar surface area (TPSA) is 47.6 Å². The van der Waals surface area contributed by atoms with Gasteiger partial charge in [0.2, 0.25) is 0 Å². The summed E-state index contributed by atoms with van der Waals surface area (Å²) < 4.78 is 13.2. The first-order valence-corrected chi connectivity index (χ1v) is 10.7. The molecule has 6 heteroatoms. The lowest BCUT2D eigenvalue weighted by atomic mass is 10.0. The molecule has 27 heavy (non-hydrogen) atoms. The van der Waals surface area contributed by atoms with E-state index >= 15 is 0 Å². The lowest BCUT2D eigenvalue weighted by Gasteiger charge is -2.17. The Morgan fingerprint density at radius 1 is 1.11 bits per heavy atom. The van der Waals surface area contributed by atoms with Gasteiger partial charge in [0.1, 0.15) is 0 Å². The number of hydrogen-bond acceptors (Lipinski definition) is 3. The highest BCUT2D eigenvalue weighted by atomic mass is 79.9. The van der Waals surface area contributed by atoms with Crippen LogP contribution in [-0.2, 0) is 0 Å². The molecule has 0 atom stereocenters. The molecule has 0 unspecified atom stereocenters. The van der Waals surface area contributed by atoms with Gasteiger partial charge in [0.05, 0.1) is 17.7 Å². The van der Waals surface area contributed by atoms with Crippen molar-refractivity contribution in [3.63, 3.8) is 0 Å². The molecule has 1 N–H and O–H groups in total. The Labute approximate surface area is 177 Å². The van der Waals surface area contributed by atoms with Gasteiger partial charge in [-0.1, -0.05) is 36.7 Å². The monoisotopic (exact) mass is 497 g/mol. The van der Waals surface area contributed by atoms with Gasteiger partial charge >= 0.3 is 0 Å². The first-order chi connectivity index (χ1) is 12.9. The number of carbonyl (C=O) groups is 1. The van der Waals surface area contributed by atoms with E-state index in [-0.39, 0.29) is 11.8 Å². The number of carbonyl (C=O) groups excluding carboxylic acids is 1. The molecule has 2 rings (SSSR count). The molecule has 0 aliphatic rings. The molecule has 0 aliphatic carbocycles. The normalized spacial score (nSPS) is 10.8. The van der Waals surface area contributed by atoms with E-state index < -0.39 is 0 Å². The average molecular weight is 499 g/mol. The zero-order valence-corrected chi connectivity index (χ0v) is 19.2. The molecule has 4 nitrogen and oxygen atoms in total. The number of halogens is 2. The van der Waals surface area contributed by atoms with Crippen molar-refractivity contribution in [3.8, 4) is 11.5 Å². The van der Waals surface area contributed by atoms with Crippen molar-refractivity contribution in [2.45, 2.75) is 40.0 Å². The van der Waals surface area contributed by atoms with Crippen molar-refractivity contribution in [2.24, 2.45) is 0 Å². The third kappa shape index (κ3) is 5.72. The van der Waals surface area contributed by atoms with Crippen LogP contribution in [0.5, 0.6) is 11.5 Å². The number of amides is 1. The Morgan fingerprint density at radius 2 is 1.85 bits per heavy atom. The number of rotatable bonds is 8. The third-order valence-electron chi connectivity index (χ3n) is 3.91. The summed E-state index contributed by atoms with van der Waals surface area (Å²) in [4.78, 5) is 12.9. The zero-order valence-electron chi connectivity index (χ0n) is 16.1. The van der Waals surface area contributed by atoms with Crippen molar-refractivity contribution in [2.75, 3.05) is 18.5 Å². The second-order valence-electron chi connectivity index (χ2n) is 6.41. The first-order valence-electron chi connectivity index (χ1n) is 9.07. The summed E-state index contributed by atoms with van der Waals surface area (Å²) in [5.74, 6) is 1.28. The van der Waals surface area contributed by atoms with Gasteiger partial charge in [0, 0.05) is 15.7 Å². The van der Waals surface area contributed by atoms with Crippen molar-refractivity contribution < 1.29 is 14.3 Å². The average Bonchev–Trinajstić information content (AvgIpc) is 2.62. The summed E-state index contributed by atoms with van der Waals surface area (Å²) in [5.41, 5.74) is 2.38. The lowest BCUT2D eigenvalue weighted by molar-refractivity contribution is 0.102. The smallest absolute Gasteiger partial charge is 0.255 e. The molecule has 0 fully saturated rings. The van der Waals surface area contributed by atoms with Crippen LogP contribution < -0.4 is 14.8 Å². The Bertz CT molecular complexity index is 806. The summed E-state index contributed by atoms with van der Waals surface area (Å²) in [7, 11) is 0. The van der Waals surface area contributed by atoms with Gasteiger partial charge < -0.3 is 14.8 Å². The van der Waals surface area contributed by atoms with Crippen LogP contribution in [0.15, 0.2) is 39.3 Å². The molecule has 0 spiro atoms. The van der Waals surface area contributed by atoms with Crippen molar-refractivity contribution >= 4 is 43.5 Å². The van der Waals surface area contributed by atoms with Crippen LogP contribution in [0, 0.1) is 0 Å². The maximum atomic E-state index is 12.9. The highest BCUT2D eigenvalue weighted by Gasteiger charge is 2.17. The van der Waals surface area contributed by atoms with Crippen molar-refractivity contribution in [1.29, 1.82) is 0 Å². The fraction of sp³-hybridized carbons (Fsp3) is 0.381. The van der Waals surface area contributed by atoms with E-state index in [2.05, 4.69) is 51.0 Å². The van der Waals surface area contributed by atoms with E-state index in [0.717, 1.165) is 22.1 Å². The van der Waals surface area contributed by atoms with E-state index in [0.29, 0.717) is 34.7 Å². The summed E-state index contributed by atoms with van der Waals surface area (Å²) in [6.45, 7) is 9.22. The van der Waals surface area contributed by atoms with E-state index in [4.69, 9.17) is 9.47 Å². The molecule has 0 bridgehead atoms. The maximum Gasteiger partial charge on any atom is 0.255 e. The molecule has 0 aliphatic heterocycles. The van der Waals surface area contributed by atoms with Crippen LogP contribution >= 0.6 is 31.9 Å². The minimum atomic E-state index is -0.192. The Kier molecular flexibility index (Phi) is 8.17. The predicted molar refractivity (Wildman–Crippen MR) is 117 cm³/mol. The molecule has 1 amide bonds. The fourth-order valence-electron chi connectivity index (χ4n) is 2.63. The number of nitrogens with one attached hydrogen (secondary N) is 1. The standard InChI is InChI=1S/C21H25Br2NO3/c1-5-9-27-20-17(23)10-14(11-19(20)26-6-2)21(25)24-18-8-7-15(22)12-16(18)13(3)4/h7-8,10-13H,5-6,9H2,1-4H3,(H,24,25). The molecular weight excluding hydrogens is 474 g/mol. The van der Waals surface area contributed by atoms with E-state index in [1.807, 2.05) is 32.0 Å². The summed E-state index contributed by atoms with van der Waals surface area (Å²) in [5, 5.41) is 3.02. The largest absolute Gasteiger partial charge is 0.490 e. The molecule has 0 saturated heterocycles. The fourth-order valence-corrected chi connectivity index (χ4v) is 3.56. The number of hydrogen-bond donors (Lipinski definition) is 1. The Morgan fingerprint density at radius 3 is 2.48 bits per heavy atom. The highest BCUT2D eigenvalue weighted by Crippen LogP contribution is 2.37. The summed E-state index contributed by atoms with van der Waals surface area (Å²) in [6.07, 6.45) is 0.891. The molecule has 0 saturated carbocycles. The van der Waals surface area contributed by atoms with Crippen LogP contribution in [-0.4, -0.2) is 19.1 Å². The second kappa shape index (κ2) is 10.1. The Balaban J connectivity index is 2.34. The lowest BCUT2D eigenvalue weighted by Crippen LogP contribution is -2.14. The quantitative estimate of drug-likeness (QED) is 0.436. The van der Waals surface area contributed by atoms with Crippen LogP contribution in [0.2, 0.25) is 0 Å². The predicted octanol–water partition coefficient (Wildman–Crippen LogP) is 6.77. The van der Waals surface area contributed by atoms with Gasteiger partial charge in [-0.05, 0) is 71.1 Å². The van der Waals surface area contributed by atoms with E-state index in [1.54, 1.807) is 12.1 Å². The number of ether oxygens (including phenoxy) is 2. The van der Waals surface area contributed by atoms with Gasteiger partial charge in [-0.15, -0.1) is 0 Å². The van der Waals surface area contributed by atoms with Gasteiger partial charge in [-0.25, -0.2) is 0 Å². The van der Waals surface area contributed by atoms with Crippen LogP contribution in [0.3, 0.4) is 0 Å². The van der Waals surface area contributed by atoms with Crippen molar-refractivity contribution in [3.05, 3.63) is 50.4 Å². The molecule has 0 heterocycles. The van der Waals surface area contributed by atoms with Gasteiger partial charge in [0.15, 0.2) is 11.5 Å². The molecular formula is C21H25Br2NO3. The first kappa shape index (κ1) is 21.8. The molecule has 2 aromatic carbocycles. The minimum Gasteiger partial charge on any atom is -0.490 e. The highest BCUT2D eigenvalue weighted by molar-refractivity contribution is 9.10. The molecule has 0 radical (unpaired) electrons. The van der Waals surface area contributed by atoms with Gasteiger partial charge in [-0.3, -0.25) is 4.79 Å². The Hall–Kier alpha value is -1.53. The summed E-state index contributed by atoms with van der Waals surface area (Å²) >= 11 is 7.00. The van der Waals surface area contributed by atoms with Crippen LogP contribution in [0.25, 0.3) is 0 Å². The number of anilines is 1. The van der Waals surface area contributed by atoms with Crippen LogP contribution in [0.4, 0.5) is 5.69 Å². The van der Waals surface area contributed by atoms with Gasteiger partial charge in [0.25, 0.3) is 5.91 Å². The zero-order chi connectivity index (χ0) is 20.0. The van der Waals surface area contributed by atoms with E-state index in [9.17, 15) is 4.79 Å². The second-order valence-corrected chi connectivity index (χ2v) is 8.18. The molecule has 2 aromatic rings. The molecule has 146 valence electrons. The molecule has 0 aromatic heterocycles. The minimum absolute atomic E-state index is 0.192. The van der Waals surface area contributed by atoms with Crippen LogP contribution in [0.1, 0.15) is 56.0 Å². The SMILES string of the molecule is CCCOc1c(Br)cc(C(=O)Nc2ccc(Br)cc2C(C)C)cc1OCC.